The van der Waals surface area contributed by atoms with Crippen molar-refractivity contribution in [3.05, 3.63) is 193 Å². The van der Waals surface area contributed by atoms with Crippen LogP contribution in [0.4, 0.5) is 0 Å². The second-order valence-corrected chi connectivity index (χ2v) is 15.4. The second kappa shape index (κ2) is 12.6. The van der Waals surface area contributed by atoms with E-state index in [1.54, 1.807) is 0 Å². The lowest BCUT2D eigenvalue weighted by atomic mass is 9.83. The lowest BCUT2D eigenvalue weighted by molar-refractivity contribution is 1.12. The van der Waals surface area contributed by atoms with E-state index in [0.717, 1.165) is 29.4 Å². The van der Waals surface area contributed by atoms with Crippen molar-refractivity contribution in [1.29, 1.82) is 0 Å². The molecule has 57 heavy (non-hydrogen) atoms. The molecule has 11 aromatic rings. The van der Waals surface area contributed by atoms with Gasteiger partial charge in [-0.05, 0) is 136 Å². The van der Waals surface area contributed by atoms with Crippen LogP contribution in [0.1, 0.15) is 12.8 Å². The van der Waals surface area contributed by atoms with Gasteiger partial charge in [-0.25, -0.2) is 0 Å². The quantitative estimate of drug-likeness (QED) is 0.165. The van der Waals surface area contributed by atoms with Gasteiger partial charge in [-0.3, -0.25) is 4.98 Å². The van der Waals surface area contributed by atoms with Crippen molar-refractivity contribution < 1.29 is 0 Å². The molecular formula is C55H36N2. The summed E-state index contributed by atoms with van der Waals surface area (Å²) in [6, 6.07) is 63.0. The summed E-state index contributed by atoms with van der Waals surface area (Å²) in [6.45, 7) is 0. The van der Waals surface area contributed by atoms with E-state index in [9.17, 15) is 0 Å². The highest BCUT2D eigenvalue weighted by atomic mass is 15.0. The van der Waals surface area contributed by atoms with Gasteiger partial charge in [0.15, 0.2) is 0 Å². The number of fused-ring (bicyclic) bond motifs is 8. The summed E-state index contributed by atoms with van der Waals surface area (Å²) in [5, 5.41) is 15.1. The molecule has 2 aromatic heterocycles. The molecule has 0 radical (unpaired) electrons. The second-order valence-electron chi connectivity index (χ2n) is 15.4. The minimum Gasteiger partial charge on any atom is -0.309 e. The lowest BCUT2D eigenvalue weighted by Gasteiger charge is -2.20. The Bertz CT molecular complexity index is 3580. The summed E-state index contributed by atoms with van der Waals surface area (Å²) in [6.07, 6.45) is 10.9. The largest absolute Gasteiger partial charge is 0.309 e. The minimum atomic E-state index is 1.06. The standard InChI is InChI=1S/C55H36N2/c1-2-14-38-31-41(26-23-35(38)11-1)57-52-28-25-40(32-49(52)51-34-56-30-29-53(51)57)39-24-27-48-50(33-39)55(45-22-10-16-37-13-4-6-18-43(37)45)47-20-8-7-19-46(47)54(48)44-21-9-15-36-12-3-5-17-42(36)44/h1-3,5,7-34H,4,6H2. The molecule has 2 heterocycles. The van der Waals surface area contributed by atoms with Crippen LogP contribution in [0.3, 0.4) is 0 Å². The van der Waals surface area contributed by atoms with Gasteiger partial charge < -0.3 is 4.57 Å². The van der Waals surface area contributed by atoms with Crippen LogP contribution in [0.2, 0.25) is 0 Å². The van der Waals surface area contributed by atoms with Crippen LogP contribution < -0.4 is 10.4 Å². The molecule has 0 aliphatic heterocycles. The number of benzene rings is 9. The van der Waals surface area contributed by atoms with E-state index in [1.807, 2.05) is 12.4 Å². The van der Waals surface area contributed by atoms with Gasteiger partial charge in [0.25, 0.3) is 0 Å². The predicted octanol–water partition coefficient (Wildman–Crippen LogP) is 13.1. The maximum atomic E-state index is 4.61. The zero-order valence-corrected chi connectivity index (χ0v) is 31.3. The smallest absolute Gasteiger partial charge is 0.0571 e. The Balaban J connectivity index is 1.15. The van der Waals surface area contributed by atoms with E-state index in [2.05, 4.69) is 192 Å². The van der Waals surface area contributed by atoms with E-state index in [-0.39, 0.29) is 0 Å². The van der Waals surface area contributed by atoms with Crippen LogP contribution in [0.25, 0.3) is 116 Å². The SMILES string of the molecule is C1=c2cccc(-c3c4ccccc4c(-c4cccc5ccccc45)c4ccc(-c5ccc6c(c5)c5cnccc5n6-c5ccc6ccccc6c5)cc34)c2=CCC1. The number of hydrogen-bond donors (Lipinski definition) is 0. The highest BCUT2D eigenvalue weighted by Gasteiger charge is 2.20. The molecule has 0 bridgehead atoms. The Hall–Kier alpha value is -7.29. The molecule has 0 amide bonds. The zero-order chi connectivity index (χ0) is 37.5. The molecule has 0 saturated carbocycles. The first kappa shape index (κ1) is 32.0. The molecule has 1 aliphatic carbocycles. The first-order valence-corrected chi connectivity index (χ1v) is 19.9. The molecule has 0 atom stereocenters. The van der Waals surface area contributed by atoms with Crippen LogP contribution >= 0.6 is 0 Å². The van der Waals surface area contributed by atoms with Crippen molar-refractivity contribution >= 4 is 77.0 Å². The summed E-state index contributed by atoms with van der Waals surface area (Å²) in [5.74, 6) is 0. The number of rotatable bonds is 4. The normalized spacial score (nSPS) is 12.7. The highest BCUT2D eigenvalue weighted by Crippen LogP contribution is 2.46. The fraction of sp³-hybridized carbons (Fsp3) is 0.0364. The molecule has 0 unspecified atom stereocenters. The summed E-state index contributed by atoms with van der Waals surface area (Å²) < 4.78 is 2.38. The molecule has 1 aliphatic rings. The molecule has 2 heteroatoms. The Labute approximate surface area is 329 Å². The van der Waals surface area contributed by atoms with Gasteiger partial charge in [-0.15, -0.1) is 0 Å². The average molecular weight is 725 g/mol. The van der Waals surface area contributed by atoms with Crippen LogP contribution in [-0.2, 0) is 0 Å². The molecule has 0 fully saturated rings. The minimum absolute atomic E-state index is 1.06. The zero-order valence-electron chi connectivity index (χ0n) is 31.3. The van der Waals surface area contributed by atoms with Crippen molar-refractivity contribution in [3.63, 3.8) is 0 Å². The number of hydrogen-bond acceptors (Lipinski definition) is 1. The van der Waals surface area contributed by atoms with Crippen LogP contribution in [0.15, 0.2) is 182 Å². The Morgan fingerprint density at radius 3 is 1.93 bits per heavy atom. The molecular weight excluding hydrogens is 689 g/mol. The van der Waals surface area contributed by atoms with Gasteiger partial charge >= 0.3 is 0 Å². The third-order valence-corrected chi connectivity index (χ3v) is 12.3. The van der Waals surface area contributed by atoms with Crippen LogP contribution in [0.5, 0.6) is 0 Å². The molecule has 0 spiro atoms. The number of nitrogens with zero attached hydrogens (tertiary/aromatic N) is 2. The molecule has 0 N–H and O–H groups in total. The van der Waals surface area contributed by atoms with Crippen molar-refractivity contribution in [2.45, 2.75) is 12.8 Å². The fourth-order valence-corrected chi connectivity index (χ4v) is 9.69. The summed E-state index contributed by atoms with van der Waals surface area (Å²) in [4.78, 5) is 4.61. The van der Waals surface area contributed by atoms with Gasteiger partial charge in [0.1, 0.15) is 0 Å². The van der Waals surface area contributed by atoms with Gasteiger partial charge in [-0.1, -0.05) is 146 Å². The van der Waals surface area contributed by atoms with Gasteiger partial charge in [0.05, 0.1) is 11.0 Å². The van der Waals surface area contributed by atoms with Crippen LogP contribution in [0, 0.1) is 0 Å². The van der Waals surface area contributed by atoms with Gasteiger partial charge in [-0.2, -0.15) is 0 Å². The third-order valence-electron chi connectivity index (χ3n) is 12.3. The first-order valence-electron chi connectivity index (χ1n) is 19.9. The predicted molar refractivity (Wildman–Crippen MR) is 242 cm³/mol. The van der Waals surface area contributed by atoms with Crippen molar-refractivity contribution in [3.8, 4) is 39.1 Å². The first-order chi connectivity index (χ1) is 28.3. The fourth-order valence-electron chi connectivity index (χ4n) is 9.69. The van der Waals surface area contributed by atoms with Gasteiger partial charge in [0.2, 0.25) is 0 Å². The molecule has 0 saturated heterocycles. The molecule has 12 rings (SSSR count). The molecule has 266 valence electrons. The number of aromatic nitrogens is 2. The third kappa shape index (κ3) is 4.94. The molecule has 9 aromatic carbocycles. The Morgan fingerprint density at radius 2 is 1.05 bits per heavy atom. The molecule has 2 nitrogen and oxygen atoms in total. The van der Waals surface area contributed by atoms with E-state index >= 15 is 0 Å². The van der Waals surface area contributed by atoms with E-state index in [4.69, 9.17) is 0 Å². The van der Waals surface area contributed by atoms with Crippen molar-refractivity contribution in [2.24, 2.45) is 0 Å². The number of pyridine rings is 1. The van der Waals surface area contributed by atoms with Gasteiger partial charge in [0, 0.05) is 28.9 Å². The summed E-state index contributed by atoms with van der Waals surface area (Å²) >= 11 is 0. The summed E-state index contributed by atoms with van der Waals surface area (Å²) in [5.41, 5.74) is 11.0. The average Bonchev–Trinajstić information content (AvgIpc) is 3.61. The Kier molecular flexibility index (Phi) is 7.09. The lowest BCUT2D eigenvalue weighted by Crippen LogP contribution is -2.28. The maximum Gasteiger partial charge on any atom is 0.0571 e. The Morgan fingerprint density at radius 1 is 0.404 bits per heavy atom. The van der Waals surface area contributed by atoms with E-state index < -0.39 is 0 Å². The highest BCUT2D eigenvalue weighted by molar-refractivity contribution is 6.24. The monoisotopic (exact) mass is 724 g/mol. The van der Waals surface area contributed by atoms with Crippen molar-refractivity contribution in [1.82, 2.24) is 9.55 Å². The van der Waals surface area contributed by atoms with Crippen molar-refractivity contribution in [2.75, 3.05) is 0 Å². The summed E-state index contributed by atoms with van der Waals surface area (Å²) in [7, 11) is 0. The van der Waals surface area contributed by atoms with E-state index in [1.165, 1.54) is 97.8 Å². The maximum absolute atomic E-state index is 4.61. The topological polar surface area (TPSA) is 17.8 Å². The van der Waals surface area contributed by atoms with Crippen LogP contribution in [-0.4, -0.2) is 9.55 Å². The van der Waals surface area contributed by atoms with E-state index in [0.29, 0.717) is 0 Å².